The van der Waals surface area contributed by atoms with Crippen LogP contribution in [0.3, 0.4) is 0 Å². The lowest BCUT2D eigenvalue weighted by molar-refractivity contribution is -0.165. The summed E-state index contributed by atoms with van der Waals surface area (Å²) in [6, 6.07) is 7.27. The summed E-state index contributed by atoms with van der Waals surface area (Å²) >= 11 is 0. The molecule has 0 aliphatic rings. The van der Waals surface area contributed by atoms with Crippen LogP contribution in [0.25, 0.3) is 6.08 Å². The topological polar surface area (TPSA) is 61.8 Å². The number of rotatable bonds is 8. The fraction of sp³-hybridized carbons (Fsp3) is 0.400. The Hall–Kier alpha value is -1.84. The third-order valence-electron chi connectivity index (χ3n) is 2.68. The van der Waals surface area contributed by atoms with Crippen molar-refractivity contribution in [2.75, 3.05) is 19.8 Å². The highest BCUT2D eigenvalue weighted by atomic mass is 31.2. The van der Waals surface area contributed by atoms with Crippen molar-refractivity contribution in [2.45, 2.75) is 19.3 Å². The molecule has 0 amide bonds. The summed E-state index contributed by atoms with van der Waals surface area (Å²) < 4.78 is 100. The van der Waals surface area contributed by atoms with Gasteiger partial charge in [0.05, 0.1) is 6.61 Å². The molecule has 1 aromatic rings. The lowest BCUT2D eigenvalue weighted by Gasteiger charge is -2.21. The van der Waals surface area contributed by atoms with E-state index in [1.807, 2.05) is 0 Å². The molecule has 0 unspecified atom stereocenters. The van der Waals surface area contributed by atoms with Gasteiger partial charge in [0.1, 0.15) is 5.31 Å². The van der Waals surface area contributed by atoms with E-state index in [0.717, 1.165) is 6.08 Å². The van der Waals surface area contributed by atoms with E-state index in [2.05, 4.69) is 13.8 Å². The molecule has 0 fully saturated rings. The van der Waals surface area contributed by atoms with Crippen molar-refractivity contribution in [3.05, 3.63) is 41.2 Å². The first-order valence-corrected chi connectivity index (χ1v) is 8.87. The maximum atomic E-state index is 12.7. The van der Waals surface area contributed by atoms with Crippen molar-refractivity contribution in [3.63, 3.8) is 0 Å². The number of esters is 1. The molecule has 0 N–H and O–H groups in total. The van der Waals surface area contributed by atoms with Gasteiger partial charge in [-0.1, -0.05) is 30.3 Å². The molecule has 0 heterocycles. The number of benzene rings is 1. The van der Waals surface area contributed by atoms with Gasteiger partial charge in [-0.3, -0.25) is 13.6 Å². The van der Waals surface area contributed by atoms with Crippen LogP contribution in [0.15, 0.2) is 35.6 Å². The molecular weight excluding hydrogens is 405 g/mol. The van der Waals surface area contributed by atoms with Crippen LogP contribution >= 0.6 is 7.60 Å². The minimum absolute atomic E-state index is 0.159. The Morgan fingerprint density at radius 2 is 1.48 bits per heavy atom. The lowest BCUT2D eigenvalue weighted by atomic mass is 10.2. The average Bonchev–Trinajstić information content (AvgIpc) is 2.56. The monoisotopic (exact) mass is 420 g/mol. The van der Waals surface area contributed by atoms with Crippen LogP contribution in [-0.2, 0) is 23.1 Å². The number of carbonyl (C=O) groups is 1. The Morgan fingerprint density at radius 3 is 1.89 bits per heavy atom. The summed E-state index contributed by atoms with van der Waals surface area (Å²) in [5.41, 5.74) is 0.159. The second kappa shape index (κ2) is 9.38. The standard InChI is InChI=1S/C15H15F6O5P/c1-2-24-13(22)12(8-11-6-4-3-5-7-11)27(23,25-9-14(16,17)18)26-10-15(19,20)21/h3-8H,2,9-10H2,1H3/b12-8+. The van der Waals surface area contributed by atoms with Gasteiger partial charge < -0.3 is 4.74 Å². The van der Waals surface area contributed by atoms with Crippen LogP contribution in [-0.4, -0.2) is 38.1 Å². The van der Waals surface area contributed by atoms with Gasteiger partial charge in [0.2, 0.25) is 0 Å². The van der Waals surface area contributed by atoms with Crippen molar-refractivity contribution < 1.29 is 49.5 Å². The van der Waals surface area contributed by atoms with Gasteiger partial charge in [0.25, 0.3) is 0 Å². The molecular formula is C15H15F6O5P. The van der Waals surface area contributed by atoms with Gasteiger partial charge in [-0.15, -0.1) is 0 Å². The summed E-state index contributed by atoms with van der Waals surface area (Å²) in [5, 5.41) is -1.08. The van der Waals surface area contributed by atoms with E-state index in [1.165, 1.54) is 31.2 Å². The summed E-state index contributed by atoms with van der Waals surface area (Å²) in [5.74, 6) is -1.42. The van der Waals surface area contributed by atoms with Crippen molar-refractivity contribution in [1.29, 1.82) is 0 Å². The highest BCUT2D eigenvalue weighted by Gasteiger charge is 2.43. The third kappa shape index (κ3) is 8.59. The van der Waals surface area contributed by atoms with E-state index in [4.69, 9.17) is 0 Å². The predicted octanol–water partition coefficient (Wildman–Crippen LogP) is 4.94. The van der Waals surface area contributed by atoms with E-state index in [-0.39, 0.29) is 12.2 Å². The van der Waals surface area contributed by atoms with E-state index < -0.39 is 44.4 Å². The Balaban J connectivity index is 3.36. The molecule has 1 rings (SSSR count). The number of alkyl halides is 6. The van der Waals surface area contributed by atoms with Crippen molar-refractivity contribution in [2.24, 2.45) is 0 Å². The number of carbonyl (C=O) groups excluding carboxylic acids is 1. The fourth-order valence-electron chi connectivity index (χ4n) is 1.65. The zero-order valence-corrected chi connectivity index (χ0v) is 14.7. The molecule has 0 spiro atoms. The molecule has 1 aromatic carbocycles. The Morgan fingerprint density at radius 1 is 1.00 bits per heavy atom. The first-order chi connectivity index (χ1) is 12.4. The maximum absolute atomic E-state index is 12.7. The molecule has 0 saturated carbocycles. The molecule has 27 heavy (non-hydrogen) atoms. The van der Waals surface area contributed by atoms with E-state index >= 15 is 0 Å². The second-order valence-electron chi connectivity index (χ2n) is 4.94. The van der Waals surface area contributed by atoms with Crippen molar-refractivity contribution in [3.8, 4) is 0 Å². The van der Waals surface area contributed by atoms with E-state index in [9.17, 15) is 35.7 Å². The largest absolute Gasteiger partial charge is 0.462 e. The number of hydrogen-bond acceptors (Lipinski definition) is 5. The average molecular weight is 420 g/mol. The van der Waals surface area contributed by atoms with Crippen molar-refractivity contribution in [1.82, 2.24) is 0 Å². The quantitative estimate of drug-likeness (QED) is 0.258. The second-order valence-corrected chi connectivity index (χ2v) is 6.93. The van der Waals surface area contributed by atoms with Gasteiger partial charge in [-0.25, -0.2) is 4.79 Å². The molecule has 0 radical (unpaired) electrons. The van der Waals surface area contributed by atoms with Crippen molar-refractivity contribution >= 4 is 19.6 Å². The highest BCUT2D eigenvalue weighted by molar-refractivity contribution is 7.60. The first-order valence-electron chi connectivity index (χ1n) is 7.33. The Kier molecular flexibility index (Phi) is 8.06. The normalized spacial score (nSPS) is 13.5. The first kappa shape index (κ1) is 23.2. The molecule has 5 nitrogen and oxygen atoms in total. The van der Waals surface area contributed by atoms with Gasteiger partial charge in [-0.2, -0.15) is 26.3 Å². The highest BCUT2D eigenvalue weighted by Crippen LogP contribution is 2.58. The third-order valence-corrected chi connectivity index (χ3v) is 4.52. The van der Waals surface area contributed by atoms with Gasteiger partial charge in [0, 0.05) is 0 Å². The molecule has 0 aliphatic carbocycles. The molecule has 0 bridgehead atoms. The number of ether oxygens (including phenoxy) is 1. The molecule has 0 aliphatic heterocycles. The SMILES string of the molecule is CCOC(=O)/C(=C\c1ccccc1)P(=O)(OCC(F)(F)F)OCC(F)(F)F. The minimum Gasteiger partial charge on any atom is -0.462 e. The van der Waals surface area contributed by atoms with Crippen LogP contribution in [0.1, 0.15) is 12.5 Å². The maximum Gasteiger partial charge on any atom is 0.412 e. The lowest BCUT2D eigenvalue weighted by Crippen LogP contribution is -2.22. The molecule has 0 atom stereocenters. The summed E-state index contributed by atoms with van der Waals surface area (Å²) in [6.07, 6.45) is -9.25. The van der Waals surface area contributed by atoms with Crippen LogP contribution in [0.4, 0.5) is 26.3 Å². The van der Waals surface area contributed by atoms with Crippen LogP contribution in [0, 0.1) is 0 Å². The van der Waals surface area contributed by atoms with E-state index in [0.29, 0.717) is 0 Å². The molecule has 0 aromatic heterocycles. The number of halogens is 6. The predicted molar refractivity (Wildman–Crippen MR) is 82.7 cm³/mol. The smallest absolute Gasteiger partial charge is 0.412 e. The number of hydrogen-bond donors (Lipinski definition) is 0. The Bertz CT molecular complexity index is 677. The van der Waals surface area contributed by atoms with E-state index in [1.54, 1.807) is 6.07 Å². The van der Waals surface area contributed by atoms with Crippen LogP contribution in [0.2, 0.25) is 0 Å². The van der Waals surface area contributed by atoms with Gasteiger partial charge >= 0.3 is 25.9 Å². The Labute approximate surface area is 150 Å². The van der Waals surface area contributed by atoms with Gasteiger partial charge in [-0.05, 0) is 18.6 Å². The van der Waals surface area contributed by atoms with Gasteiger partial charge in [0.15, 0.2) is 13.2 Å². The fourth-order valence-corrected chi connectivity index (χ4v) is 3.24. The molecule has 12 heteroatoms. The summed E-state index contributed by atoms with van der Waals surface area (Å²) in [7, 11) is -5.33. The van der Waals surface area contributed by atoms with Crippen LogP contribution < -0.4 is 0 Å². The molecule has 152 valence electrons. The minimum atomic E-state index is -5.33. The zero-order valence-electron chi connectivity index (χ0n) is 13.8. The summed E-state index contributed by atoms with van der Waals surface area (Å²) in [6.45, 7) is -3.30. The summed E-state index contributed by atoms with van der Waals surface area (Å²) in [4.78, 5) is 12.1. The van der Waals surface area contributed by atoms with Crippen LogP contribution in [0.5, 0.6) is 0 Å². The zero-order chi connectivity index (χ0) is 20.7. The molecule has 0 saturated heterocycles.